The van der Waals surface area contributed by atoms with Crippen molar-refractivity contribution >= 4 is 11.9 Å². The number of benzene rings is 2. The Balaban J connectivity index is 1.51. The van der Waals surface area contributed by atoms with Crippen LogP contribution in [-0.2, 0) is 24.0 Å². The van der Waals surface area contributed by atoms with E-state index >= 15 is 0 Å². The molecule has 0 amide bonds. The van der Waals surface area contributed by atoms with Crippen LogP contribution in [0.4, 0.5) is 8.78 Å². The van der Waals surface area contributed by atoms with Gasteiger partial charge in [-0.15, -0.1) is 0 Å². The summed E-state index contributed by atoms with van der Waals surface area (Å²) in [7, 11) is 0. The molecule has 0 spiro atoms. The molecule has 2 aromatic carbocycles. The fraction of sp³-hybridized carbons (Fsp3) is 0.379. The van der Waals surface area contributed by atoms with E-state index in [4.69, 9.17) is 6.64 Å². The monoisotopic (exact) mass is 528 g/mol. The summed E-state index contributed by atoms with van der Waals surface area (Å²) in [5.74, 6) is -1.87. The third-order valence-electron chi connectivity index (χ3n) is 7.89. The maximum absolute atomic E-state index is 13.5. The number of carbonyl (C=O) groups is 2. The molecule has 4 nitrogen and oxygen atoms in total. The fourth-order valence-corrected chi connectivity index (χ4v) is 10.9. The molecule has 0 fully saturated rings. The first-order valence-electron chi connectivity index (χ1n) is 12.7. The third-order valence-corrected chi connectivity index (χ3v) is 12.6. The van der Waals surface area contributed by atoms with E-state index in [-0.39, 0.29) is 21.3 Å². The number of rotatable bonds is 5. The van der Waals surface area contributed by atoms with Gasteiger partial charge in [0.1, 0.15) is 0 Å². The SMILES string of the molecule is CC1C2=C(CCCC2)C2=C1[CH]([Ti]([CH3])([O]C(=O)c1ccc(F)cc1)[O]C(=O)c1ccc(F)cc1)CCC2. The van der Waals surface area contributed by atoms with Gasteiger partial charge in [-0.2, -0.15) is 0 Å². The molecular weight excluding hydrogens is 498 g/mol. The number of hydrogen-bond acceptors (Lipinski definition) is 4. The van der Waals surface area contributed by atoms with E-state index < -0.39 is 40.9 Å². The summed E-state index contributed by atoms with van der Waals surface area (Å²) < 4.78 is 39.1. The number of carbonyl (C=O) groups excluding carboxylic acids is 2. The Hall–Kier alpha value is -2.57. The Bertz CT molecular complexity index is 1190. The van der Waals surface area contributed by atoms with Crippen LogP contribution >= 0.6 is 0 Å². The van der Waals surface area contributed by atoms with E-state index in [9.17, 15) is 18.4 Å². The van der Waals surface area contributed by atoms with Crippen LogP contribution in [0.1, 0.15) is 72.6 Å². The minimum atomic E-state index is -4.21. The average molecular weight is 528 g/mol. The van der Waals surface area contributed by atoms with Gasteiger partial charge in [-0.3, -0.25) is 0 Å². The first-order chi connectivity index (χ1) is 17.3. The van der Waals surface area contributed by atoms with Crippen LogP contribution in [0.5, 0.6) is 0 Å². The summed E-state index contributed by atoms with van der Waals surface area (Å²) in [6, 6.07) is 10.4. The molecule has 0 aliphatic heterocycles. The standard InChI is InChI=1S/C14H19.2C7H5FO2.CH3.Ti/c1-10-11-6-2-4-8-13(11)14-9-5-3-7-12(10)14;2*8-6-3-1-5(2-4-6)7(9)10;;/h6,10H,2-5,7-9H2,1H3;2*1-4H,(H,9,10);1H3;/q;;;;+2/p-2. The van der Waals surface area contributed by atoms with Crippen LogP contribution in [-0.4, -0.2) is 11.9 Å². The Labute approximate surface area is 214 Å². The van der Waals surface area contributed by atoms with Crippen molar-refractivity contribution in [1.29, 1.82) is 0 Å². The molecule has 188 valence electrons. The molecule has 2 unspecified atom stereocenters. The fourth-order valence-electron chi connectivity index (χ4n) is 6.19. The summed E-state index contributed by atoms with van der Waals surface area (Å²) in [5.41, 5.74) is 6.09. The van der Waals surface area contributed by atoms with Crippen LogP contribution < -0.4 is 0 Å². The van der Waals surface area contributed by atoms with Gasteiger partial charge in [0.2, 0.25) is 0 Å². The number of allylic oxidation sites excluding steroid dienone is 4. The predicted octanol–water partition coefficient (Wildman–Crippen LogP) is 7.80. The van der Waals surface area contributed by atoms with Crippen molar-refractivity contribution in [3.63, 3.8) is 0 Å². The summed E-state index contributed by atoms with van der Waals surface area (Å²) in [6.07, 6.45) is 7.27. The molecule has 0 radical (unpaired) electrons. The van der Waals surface area contributed by atoms with Crippen molar-refractivity contribution < 1.29 is 42.4 Å². The molecule has 3 aliphatic rings. The van der Waals surface area contributed by atoms with Crippen LogP contribution in [0.3, 0.4) is 0 Å². The molecule has 0 bridgehead atoms. The van der Waals surface area contributed by atoms with Gasteiger partial charge in [-0.05, 0) is 0 Å². The second kappa shape index (κ2) is 10.1. The van der Waals surface area contributed by atoms with Crippen molar-refractivity contribution in [1.82, 2.24) is 0 Å². The second-order valence-electron chi connectivity index (χ2n) is 10.1. The minimum absolute atomic E-state index is 0.136. The van der Waals surface area contributed by atoms with E-state index in [1.807, 2.05) is 5.23 Å². The average Bonchev–Trinajstić information content (AvgIpc) is 3.17. The van der Waals surface area contributed by atoms with E-state index in [0.717, 1.165) is 32.1 Å². The molecule has 0 heterocycles. The van der Waals surface area contributed by atoms with E-state index in [0.29, 0.717) is 0 Å². The summed E-state index contributed by atoms with van der Waals surface area (Å²) in [4.78, 5) is 26.5. The van der Waals surface area contributed by atoms with E-state index in [2.05, 4.69) is 6.92 Å². The van der Waals surface area contributed by atoms with Gasteiger partial charge in [-0.1, -0.05) is 0 Å². The van der Waals surface area contributed by atoms with Gasteiger partial charge < -0.3 is 0 Å². The van der Waals surface area contributed by atoms with Crippen LogP contribution in [0.2, 0.25) is 9.45 Å². The zero-order valence-electron chi connectivity index (χ0n) is 20.6. The Morgan fingerprint density at radius 3 is 1.83 bits per heavy atom. The van der Waals surface area contributed by atoms with Gasteiger partial charge >= 0.3 is 215 Å². The van der Waals surface area contributed by atoms with Gasteiger partial charge in [0.05, 0.1) is 0 Å². The van der Waals surface area contributed by atoms with Crippen molar-refractivity contribution in [2.75, 3.05) is 0 Å². The molecule has 0 aromatic heterocycles. The topological polar surface area (TPSA) is 52.6 Å². The molecule has 3 aliphatic carbocycles. The zero-order valence-corrected chi connectivity index (χ0v) is 22.2. The molecule has 2 aromatic rings. The normalized spacial score (nSPS) is 21.7. The van der Waals surface area contributed by atoms with Crippen LogP contribution in [0, 0.1) is 17.6 Å². The maximum atomic E-state index is 13.5. The van der Waals surface area contributed by atoms with Gasteiger partial charge in [-0.25, -0.2) is 0 Å². The summed E-state index contributed by atoms with van der Waals surface area (Å²) in [6.45, 7) is 2.23. The predicted molar refractivity (Wildman–Crippen MR) is 129 cm³/mol. The Kier molecular flexibility index (Phi) is 7.02. The van der Waals surface area contributed by atoms with Crippen molar-refractivity contribution in [3.05, 3.63) is 93.6 Å². The second-order valence-corrected chi connectivity index (χ2v) is 15.0. The zero-order chi connectivity index (χ0) is 25.4. The van der Waals surface area contributed by atoms with Gasteiger partial charge in [0.15, 0.2) is 0 Å². The molecule has 0 N–H and O–H groups in total. The molecule has 0 saturated heterocycles. The van der Waals surface area contributed by atoms with Gasteiger partial charge in [0, 0.05) is 0 Å². The van der Waals surface area contributed by atoms with Crippen LogP contribution in [0.15, 0.2) is 70.8 Å². The van der Waals surface area contributed by atoms with Gasteiger partial charge in [0.25, 0.3) is 0 Å². The molecular formula is C29H30F2O4Ti. The summed E-state index contributed by atoms with van der Waals surface area (Å²) >= 11 is -4.21. The Morgan fingerprint density at radius 2 is 1.28 bits per heavy atom. The molecule has 36 heavy (non-hydrogen) atoms. The first kappa shape index (κ1) is 25.1. The van der Waals surface area contributed by atoms with Crippen LogP contribution in [0.25, 0.3) is 0 Å². The summed E-state index contributed by atoms with van der Waals surface area (Å²) in [5, 5.41) is 1.83. The van der Waals surface area contributed by atoms with E-state index in [1.54, 1.807) is 0 Å². The van der Waals surface area contributed by atoms with Crippen molar-refractivity contribution in [2.45, 2.75) is 61.3 Å². The third kappa shape index (κ3) is 4.73. The molecule has 5 rings (SSSR count). The van der Waals surface area contributed by atoms with Crippen molar-refractivity contribution in [2.24, 2.45) is 5.92 Å². The molecule has 7 heteroatoms. The number of halogens is 2. The molecule has 2 atom stereocenters. The van der Waals surface area contributed by atoms with Crippen molar-refractivity contribution in [3.8, 4) is 0 Å². The number of hydrogen-bond donors (Lipinski definition) is 0. The Morgan fingerprint density at radius 1 is 0.778 bits per heavy atom. The quantitative estimate of drug-likeness (QED) is 0.372. The first-order valence-corrected chi connectivity index (χ1v) is 16.4. The molecule has 0 saturated carbocycles. The number of fused-ring (bicyclic) bond motifs is 1. The van der Waals surface area contributed by atoms with E-state index in [1.165, 1.54) is 83.7 Å².